The van der Waals surface area contributed by atoms with Gasteiger partial charge in [0.05, 0.1) is 13.2 Å². The molecule has 3 amide bonds. The number of nitrogens with one attached hydrogen (secondary N) is 2. The number of urea groups is 1. The highest BCUT2D eigenvalue weighted by Gasteiger charge is 2.24. The van der Waals surface area contributed by atoms with Gasteiger partial charge in [0.2, 0.25) is 11.9 Å². The molecule has 0 unspecified atom stereocenters. The molecule has 47 heavy (non-hydrogen) atoms. The summed E-state index contributed by atoms with van der Waals surface area (Å²) in [5, 5.41) is 5.75. The van der Waals surface area contributed by atoms with Crippen LogP contribution >= 0.6 is 0 Å². The Bertz CT molecular complexity index is 1500. The lowest BCUT2D eigenvalue weighted by atomic mass is 10.1. The van der Waals surface area contributed by atoms with E-state index < -0.39 is 0 Å². The zero-order valence-corrected chi connectivity index (χ0v) is 27.7. The molecule has 3 fully saturated rings. The largest absolute Gasteiger partial charge is 0.378 e. The minimum absolute atomic E-state index is 0.0193. The first kappa shape index (κ1) is 32.6. The number of rotatable bonds is 7. The summed E-state index contributed by atoms with van der Waals surface area (Å²) >= 11 is 0. The van der Waals surface area contributed by atoms with Gasteiger partial charge < -0.3 is 35.0 Å². The van der Waals surface area contributed by atoms with Crippen molar-refractivity contribution in [1.29, 1.82) is 0 Å². The minimum Gasteiger partial charge on any atom is -0.378 e. The third-order valence-corrected chi connectivity index (χ3v) is 9.03. The van der Waals surface area contributed by atoms with Crippen LogP contribution in [0.25, 0.3) is 11.4 Å². The highest BCUT2D eigenvalue weighted by molar-refractivity contribution is 6.00. The van der Waals surface area contributed by atoms with E-state index in [1.807, 2.05) is 29.2 Å². The van der Waals surface area contributed by atoms with Crippen LogP contribution in [-0.4, -0.2) is 133 Å². The van der Waals surface area contributed by atoms with E-state index in [4.69, 9.17) is 19.7 Å². The maximum absolute atomic E-state index is 13.0. The van der Waals surface area contributed by atoms with Gasteiger partial charge in [-0.3, -0.25) is 9.69 Å². The van der Waals surface area contributed by atoms with E-state index in [-0.39, 0.29) is 11.9 Å². The summed E-state index contributed by atoms with van der Waals surface area (Å²) in [5.74, 6) is 1.97. The fraction of sp³-hybridized carbons (Fsp3) is 0.500. The molecule has 13 heteroatoms. The van der Waals surface area contributed by atoms with Gasteiger partial charge in [0.25, 0.3) is 5.91 Å². The standard InChI is InChI=1S/C34H46N10O3/c1-25(2)41-17-19-42(20-18-41)31(45)27-7-11-29(12-8-27)36-34(46)35-28-9-5-26(6-10-28)30-37-32(43-14-4-13-40(3)15-16-43)39-33(38-30)44-21-23-47-24-22-44/h5-12,25H,4,13-24H2,1-3H3,(H2,35,36,46). The fourth-order valence-corrected chi connectivity index (χ4v) is 6.09. The first-order valence-electron chi connectivity index (χ1n) is 16.7. The Hall–Kier alpha value is -4.33. The Morgan fingerprint density at radius 3 is 1.91 bits per heavy atom. The molecule has 1 aromatic heterocycles. The van der Waals surface area contributed by atoms with Crippen molar-refractivity contribution in [3.63, 3.8) is 0 Å². The van der Waals surface area contributed by atoms with Gasteiger partial charge in [-0.25, -0.2) is 4.79 Å². The van der Waals surface area contributed by atoms with E-state index in [1.54, 1.807) is 24.3 Å². The van der Waals surface area contributed by atoms with Crippen molar-refractivity contribution in [3.8, 4) is 11.4 Å². The molecular weight excluding hydrogens is 596 g/mol. The predicted molar refractivity (Wildman–Crippen MR) is 184 cm³/mol. The van der Waals surface area contributed by atoms with E-state index in [9.17, 15) is 9.59 Å². The lowest BCUT2D eigenvalue weighted by Crippen LogP contribution is -2.50. The van der Waals surface area contributed by atoms with Crippen LogP contribution in [0.1, 0.15) is 30.6 Å². The van der Waals surface area contributed by atoms with Crippen molar-refractivity contribution < 1.29 is 14.3 Å². The van der Waals surface area contributed by atoms with Crippen LogP contribution in [0, 0.1) is 0 Å². The number of morpholine rings is 1. The number of amides is 3. The van der Waals surface area contributed by atoms with E-state index >= 15 is 0 Å². The fourth-order valence-electron chi connectivity index (χ4n) is 6.09. The number of benzene rings is 2. The van der Waals surface area contributed by atoms with Crippen LogP contribution in [-0.2, 0) is 4.74 Å². The molecule has 4 heterocycles. The smallest absolute Gasteiger partial charge is 0.323 e. The zero-order valence-electron chi connectivity index (χ0n) is 27.7. The molecule has 2 N–H and O–H groups in total. The summed E-state index contributed by atoms with van der Waals surface area (Å²) in [6.45, 7) is 14.1. The normalized spacial score (nSPS) is 18.3. The monoisotopic (exact) mass is 642 g/mol. The van der Waals surface area contributed by atoms with Crippen LogP contribution < -0.4 is 20.4 Å². The van der Waals surface area contributed by atoms with Gasteiger partial charge in [0.15, 0.2) is 5.82 Å². The van der Waals surface area contributed by atoms with Gasteiger partial charge in [-0.2, -0.15) is 15.0 Å². The maximum atomic E-state index is 13.0. The summed E-state index contributed by atoms with van der Waals surface area (Å²) in [5.41, 5.74) is 2.70. The third-order valence-electron chi connectivity index (χ3n) is 9.03. The molecule has 3 aromatic rings. The topological polar surface area (TPSA) is 122 Å². The SMILES string of the molecule is CC(C)N1CCN(C(=O)c2ccc(NC(=O)Nc3ccc(-c4nc(N5CCOCC5)nc(N5CCCN(C)CC5)n4)cc3)cc2)CC1. The second-order valence-corrected chi connectivity index (χ2v) is 12.7. The third kappa shape index (κ3) is 8.34. The number of anilines is 4. The number of carbonyl (C=O) groups excluding carboxylic acids is 2. The van der Waals surface area contributed by atoms with Gasteiger partial charge in [0.1, 0.15) is 0 Å². The first-order valence-corrected chi connectivity index (χ1v) is 16.7. The van der Waals surface area contributed by atoms with E-state index in [1.165, 1.54) is 0 Å². The highest BCUT2D eigenvalue weighted by Crippen LogP contribution is 2.24. The number of hydrogen-bond donors (Lipinski definition) is 2. The average Bonchev–Trinajstić information content (AvgIpc) is 3.33. The Morgan fingerprint density at radius 2 is 1.30 bits per heavy atom. The molecule has 0 saturated carbocycles. The van der Waals surface area contributed by atoms with Crippen molar-refractivity contribution in [1.82, 2.24) is 29.7 Å². The number of aromatic nitrogens is 3. The number of likely N-dealkylation sites (N-methyl/N-ethyl adjacent to an activating group) is 1. The Labute approximate surface area is 276 Å². The van der Waals surface area contributed by atoms with Crippen LogP contribution in [0.2, 0.25) is 0 Å². The van der Waals surface area contributed by atoms with Gasteiger partial charge >= 0.3 is 6.03 Å². The van der Waals surface area contributed by atoms with Gasteiger partial charge in [-0.1, -0.05) is 0 Å². The van der Waals surface area contributed by atoms with Crippen molar-refractivity contribution in [3.05, 3.63) is 54.1 Å². The number of hydrogen-bond acceptors (Lipinski definition) is 10. The first-order chi connectivity index (χ1) is 22.8. The summed E-state index contributed by atoms with van der Waals surface area (Å²) in [4.78, 5) is 51.4. The van der Waals surface area contributed by atoms with Crippen molar-refractivity contribution in [2.75, 3.05) is 106 Å². The Morgan fingerprint density at radius 1 is 0.702 bits per heavy atom. The van der Waals surface area contributed by atoms with Crippen molar-refractivity contribution in [2.24, 2.45) is 0 Å². The maximum Gasteiger partial charge on any atom is 0.323 e. The molecule has 3 aliphatic heterocycles. The lowest BCUT2D eigenvalue weighted by Gasteiger charge is -2.37. The molecule has 2 aromatic carbocycles. The lowest BCUT2D eigenvalue weighted by molar-refractivity contribution is 0.0595. The number of piperazine rings is 1. The zero-order chi connectivity index (χ0) is 32.8. The van der Waals surface area contributed by atoms with E-state index in [2.05, 4.69) is 51.1 Å². The van der Waals surface area contributed by atoms with Gasteiger partial charge in [-0.15, -0.1) is 0 Å². The molecule has 0 spiro atoms. The molecule has 3 saturated heterocycles. The summed E-state index contributed by atoms with van der Waals surface area (Å²) in [6, 6.07) is 14.7. The van der Waals surface area contributed by atoms with Crippen molar-refractivity contribution >= 4 is 35.2 Å². The molecule has 3 aliphatic rings. The minimum atomic E-state index is -0.371. The number of nitrogens with zero attached hydrogens (tertiary/aromatic N) is 8. The molecule has 6 rings (SSSR count). The van der Waals surface area contributed by atoms with Crippen LogP contribution in [0.5, 0.6) is 0 Å². The summed E-state index contributed by atoms with van der Waals surface area (Å²) in [7, 11) is 2.15. The van der Waals surface area contributed by atoms with Crippen molar-refractivity contribution in [2.45, 2.75) is 26.3 Å². The quantitative estimate of drug-likeness (QED) is 0.397. The Kier molecular flexibility index (Phi) is 10.4. The molecule has 0 bridgehead atoms. The average molecular weight is 643 g/mol. The molecule has 0 radical (unpaired) electrons. The summed E-state index contributed by atoms with van der Waals surface area (Å²) in [6.07, 6.45) is 1.05. The van der Waals surface area contributed by atoms with E-state index in [0.29, 0.717) is 53.9 Å². The molecule has 250 valence electrons. The van der Waals surface area contributed by atoms with Gasteiger partial charge in [0, 0.05) is 87.4 Å². The predicted octanol–water partition coefficient (Wildman–Crippen LogP) is 3.33. The summed E-state index contributed by atoms with van der Waals surface area (Å²) < 4.78 is 5.55. The number of ether oxygens (including phenoxy) is 1. The molecular formula is C34H46N10O3. The second kappa shape index (κ2) is 15.1. The van der Waals surface area contributed by atoms with Gasteiger partial charge in [-0.05, 0) is 82.4 Å². The second-order valence-electron chi connectivity index (χ2n) is 12.7. The molecule has 0 atom stereocenters. The van der Waals surface area contributed by atoms with Crippen LogP contribution in [0.15, 0.2) is 48.5 Å². The number of carbonyl (C=O) groups is 2. The van der Waals surface area contributed by atoms with Crippen LogP contribution in [0.4, 0.5) is 28.1 Å². The highest BCUT2D eigenvalue weighted by atomic mass is 16.5. The molecule has 13 nitrogen and oxygen atoms in total. The molecule has 0 aliphatic carbocycles. The van der Waals surface area contributed by atoms with Crippen LogP contribution in [0.3, 0.4) is 0 Å². The Balaban J connectivity index is 1.09. The van der Waals surface area contributed by atoms with E-state index in [0.717, 1.165) is 77.4 Å².